The Morgan fingerprint density at radius 2 is 1.93 bits per heavy atom. The monoisotopic (exact) mass is 483 g/mol. The van der Waals surface area contributed by atoms with Gasteiger partial charge in [-0.1, -0.05) is 42.0 Å². The van der Waals surface area contributed by atoms with Gasteiger partial charge in [0.05, 0.1) is 0 Å². The summed E-state index contributed by atoms with van der Waals surface area (Å²) in [6.45, 7) is 6.96. The van der Waals surface area contributed by atoms with Crippen molar-refractivity contribution in [1.82, 2.24) is 10.2 Å². The Balaban J connectivity index is 0.00000261. The number of hydrogen-bond acceptors (Lipinski definition) is 2. The molecule has 1 aromatic carbocycles. The van der Waals surface area contributed by atoms with Crippen LogP contribution in [-0.2, 0) is 4.74 Å². The summed E-state index contributed by atoms with van der Waals surface area (Å²) in [7, 11) is 1.79. The second-order valence-electron chi connectivity index (χ2n) is 7.61. The number of hydrogen-bond donors (Lipinski definition) is 1. The number of benzene rings is 1. The smallest absolute Gasteiger partial charge is 0.193 e. The Morgan fingerprint density at radius 3 is 2.52 bits per heavy atom. The highest BCUT2D eigenvalue weighted by Gasteiger charge is 2.42. The van der Waals surface area contributed by atoms with Crippen LogP contribution in [0.1, 0.15) is 44.6 Å². The number of halogens is 1. The first-order valence-corrected chi connectivity index (χ1v) is 10.0. The summed E-state index contributed by atoms with van der Waals surface area (Å²) in [6.07, 6.45) is 8.32. The fourth-order valence-electron chi connectivity index (χ4n) is 3.59. The molecule has 2 fully saturated rings. The van der Waals surface area contributed by atoms with Crippen LogP contribution in [0.4, 0.5) is 0 Å². The predicted molar refractivity (Wildman–Crippen MR) is 125 cm³/mol. The molecular formula is C22H34IN3O. The fraction of sp³-hybridized carbons (Fsp3) is 0.591. The number of ether oxygens (including phenoxy) is 1. The third kappa shape index (κ3) is 6.79. The number of likely N-dealkylation sites (tertiary alicyclic amines) is 1. The number of piperidine rings is 1. The average molecular weight is 483 g/mol. The fourth-order valence-corrected chi connectivity index (χ4v) is 3.59. The molecule has 1 heterocycles. The second-order valence-corrected chi connectivity index (χ2v) is 7.61. The number of nitrogens with one attached hydrogen (secondary N) is 1. The highest BCUT2D eigenvalue weighted by atomic mass is 127. The Labute approximate surface area is 181 Å². The summed E-state index contributed by atoms with van der Waals surface area (Å²) in [5.41, 5.74) is 3.26. The summed E-state index contributed by atoms with van der Waals surface area (Å²) in [6, 6.07) is 10.6. The Hall–Kier alpha value is -1.08. The number of rotatable bonds is 7. The van der Waals surface area contributed by atoms with Gasteiger partial charge in [-0.15, -0.1) is 24.0 Å². The van der Waals surface area contributed by atoms with Gasteiger partial charge in [0.25, 0.3) is 0 Å². The zero-order valence-electron chi connectivity index (χ0n) is 16.7. The van der Waals surface area contributed by atoms with E-state index < -0.39 is 0 Å². The first-order chi connectivity index (χ1) is 12.7. The molecule has 0 aromatic heterocycles. The summed E-state index contributed by atoms with van der Waals surface area (Å²) >= 11 is 0. The molecule has 0 atom stereocenters. The Kier molecular flexibility index (Phi) is 9.09. The van der Waals surface area contributed by atoms with Gasteiger partial charge in [-0.25, -0.2) is 0 Å². The van der Waals surface area contributed by atoms with E-state index in [1.165, 1.54) is 18.4 Å². The van der Waals surface area contributed by atoms with Gasteiger partial charge in [-0.3, -0.25) is 4.99 Å². The molecule has 0 spiro atoms. The van der Waals surface area contributed by atoms with E-state index in [1.807, 2.05) is 0 Å². The zero-order valence-corrected chi connectivity index (χ0v) is 19.1. The summed E-state index contributed by atoms with van der Waals surface area (Å²) in [4.78, 5) is 7.42. The molecule has 0 unspecified atom stereocenters. The summed E-state index contributed by atoms with van der Waals surface area (Å²) < 4.78 is 5.27. The molecule has 1 aromatic rings. The zero-order chi connectivity index (χ0) is 18.2. The number of methoxy groups -OCH3 is 1. The van der Waals surface area contributed by atoms with E-state index >= 15 is 0 Å². The summed E-state index contributed by atoms with van der Waals surface area (Å²) in [5, 5.41) is 3.50. The van der Waals surface area contributed by atoms with Crippen LogP contribution in [0, 0.1) is 5.41 Å². The van der Waals surface area contributed by atoms with Crippen LogP contribution < -0.4 is 5.32 Å². The standard InChI is InChI=1S/C22H33N3O.HI/c1-3-23-21(24-18-22(11-12-22)13-16-26-2)25-14-9-20(10-15-25)17-19-7-5-4-6-8-19;/h4-8,17H,3,9-16,18H2,1-2H3,(H,23,24);1H. The topological polar surface area (TPSA) is 36.9 Å². The molecule has 5 heteroatoms. The molecule has 4 nitrogen and oxygen atoms in total. The normalized spacial score (nSPS) is 18.7. The molecule has 1 aliphatic carbocycles. The van der Waals surface area contributed by atoms with E-state index in [-0.39, 0.29) is 24.0 Å². The van der Waals surface area contributed by atoms with E-state index in [0.29, 0.717) is 5.41 Å². The van der Waals surface area contributed by atoms with Gasteiger partial charge in [0.1, 0.15) is 0 Å². The van der Waals surface area contributed by atoms with E-state index in [9.17, 15) is 0 Å². The summed E-state index contributed by atoms with van der Waals surface area (Å²) in [5.74, 6) is 1.09. The maximum absolute atomic E-state index is 5.27. The van der Waals surface area contributed by atoms with Crippen LogP contribution in [0.15, 0.2) is 40.9 Å². The quantitative estimate of drug-likeness (QED) is 0.351. The van der Waals surface area contributed by atoms with Crippen molar-refractivity contribution >= 4 is 36.0 Å². The molecule has 3 rings (SSSR count). The molecule has 2 aliphatic rings. The molecule has 1 saturated heterocycles. The molecular weight excluding hydrogens is 449 g/mol. The number of aliphatic imine (C=N–C) groups is 1. The van der Waals surface area contributed by atoms with Crippen molar-refractivity contribution < 1.29 is 4.74 Å². The minimum atomic E-state index is 0. The van der Waals surface area contributed by atoms with Gasteiger partial charge in [0, 0.05) is 39.9 Å². The third-order valence-corrected chi connectivity index (χ3v) is 5.57. The van der Waals surface area contributed by atoms with Crippen LogP contribution in [0.5, 0.6) is 0 Å². The maximum atomic E-state index is 5.27. The minimum Gasteiger partial charge on any atom is -0.385 e. The van der Waals surface area contributed by atoms with Crippen molar-refractivity contribution in [2.45, 2.75) is 39.0 Å². The average Bonchev–Trinajstić information content (AvgIpc) is 3.45. The van der Waals surface area contributed by atoms with Crippen molar-refractivity contribution in [1.29, 1.82) is 0 Å². The first kappa shape index (κ1) is 22.2. The van der Waals surface area contributed by atoms with Crippen molar-refractivity contribution in [3.63, 3.8) is 0 Å². The minimum absolute atomic E-state index is 0. The lowest BCUT2D eigenvalue weighted by atomic mass is 10.0. The molecule has 0 bridgehead atoms. The lowest BCUT2D eigenvalue weighted by molar-refractivity contribution is 0.174. The van der Waals surface area contributed by atoms with Crippen molar-refractivity contribution in [2.75, 3.05) is 39.9 Å². The highest BCUT2D eigenvalue weighted by Crippen LogP contribution is 2.49. The Morgan fingerprint density at radius 1 is 1.22 bits per heavy atom. The van der Waals surface area contributed by atoms with E-state index in [2.05, 4.69) is 53.5 Å². The van der Waals surface area contributed by atoms with Crippen molar-refractivity contribution in [3.8, 4) is 0 Å². The van der Waals surface area contributed by atoms with E-state index in [0.717, 1.165) is 58.0 Å². The van der Waals surface area contributed by atoms with Gasteiger partial charge in [-0.05, 0) is 50.0 Å². The predicted octanol–water partition coefficient (Wildman–Crippen LogP) is 4.57. The molecule has 1 N–H and O–H groups in total. The third-order valence-electron chi connectivity index (χ3n) is 5.57. The van der Waals surface area contributed by atoms with Crippen molar-refractivity contribution in [2.24, 2.45) is 10.4 Å². The molecule has 0 amide bonds. The van der Waals surface area contributed by atoms with Crippen LogP contribution in [0.25, 0.3) is 6.08 Å². The number of nitrogens with zero attached hydrogens (tertiary/aromatic N) is 2. The van der Waals surface area contributed by atoms with E-state index in [4.69, 9.17) is 9.73 Å². The number of guanidine groups is 1. The van der Waals surface area contributed by atoms with Crippen LogP contribution in [0.3, 0.4) is 0 Å². The van der Waals surface area contributed by atoms with Crippen molar-refractivity contribution in [3.05, 3.63) is 41.5 Å². The lowest BCUT2D eigenvalue weighted by Gasteiger charge is -2.32. The van der Waals surface area contributed by atoms with Crippen LogP contribution in [0.2, 0.25) is 0 Å². The molecule has 0 radical (unpaired) electrons. The molecule has 1 saturated carbocycles. The molecule has 27 heavy (non-hydrogen) atoms. The second kappa shape index (κ2) is 11.1. The van der Waals surface area contributed by atoms with Gasteiger partial charge in [0.15, 0.2) is 5.96 Å². The van der Waals surface area contributed by atoms with Gasteiger partial charge in [-0.2, -0.15) is 0 Å². The lowest BCUT2D eigenvalue weighted by Crippen LogP contribution is -2.44. The van der Waals surface area contributed by atoms with Gasteiger partial charge in [0.2, 0.25) is 0 Å². The highest BCUT2D eigenvalue weighted by molar-refractivity contribution is 14.0. The molecule has 150 valence electrons. The van der Waals surface area contributed by atoms with E-state index in [1.54, 1.807) is 12.7 Å². The van der Waals surface area contributed by atoms with Crippen LogP contribution in [-0.4, -0.2) is 50.8 Å². The van der Waals surface area contributed by atoms with Gasteiger partial charge >= 0.3 is 0 Å². The maximum Gasteiger partial charge on any atom is 0.193 e. The van der Waals surface area contributed by atoms with Gasteiger partial charge < -0.3 is 15.0 Å². The SMILES string of the molecule is CCNC(=NCC1(CCOC)CC1)N1CCC(=Cc2ccccc2)CC1.I. The first-order valence-electron chi connectivity index (χ1n) is 10.0. The largest absolute Gasteiger partial charge is 0.385 e. The van der Waals surface area contributed by atoms with Crippen LogP contribution >= 0.6 is 24.0 Å². The molecule has 1 aliphatic heterocycles. The Bertz CT molecular complexity index is 616.